The van der Waals surface area contributed by atoms with Gasteiger partial charge in [-0.1, -0.05) is 21.1 Å². The summed E-state index contributed by atoms with van der Waals surface area (Å²) in [5.74, 6) is 1.49. The minimum Gasteiger partial charge on any atom is -0.492 e. The third-order valence-electron chi connectivity index (χ3n) is 3.53. The van der Waals surface area contributed by atoms with E-state index in [4.69, 9.17) is 9.26 Å². The summed E-state index contributed by atoms with van der Waals surface area (Å²) in [5.41, 5.74) is 0.720. The van der Waals surface area contributed by atoms with E-state index in [2.05, 4.69) is 26.1 Å². The van der Waals surface area contributed by atoms with Crippen LogP contribution in [-0.2, 0) is 6.54 Å². The molecule has 0 bridgehead atoms. The first kappa shape index (κ1) is 17.6. The third kappa shape index (κ3) is 5.11. The number of likely N-dealkylation sites (N-methyl/N-ethyl adjacent to an activating group) is 1. The van der Waals surface area contributed by atoms with Crippen molar-refractivity contribution in [2.24, 2.45) is 0 Å². The Morgan fingerprint density at radius 1 is 1.12 bits per heavy atom. The molecule has 0 N–H and O–H groups in total. The van der Waals surface area contributed by atoms with Crippen LogP contribution in [0.4, 0.5) is 4.39 Å². The predicted octanol–water partition coefficient (Wildman–Crippen LogP) is 4.15. The van der Waals surface area contributed by atoms with Gasteiger partial charge in [0.15, 0.2) is 0 Å². The topological polar surface area (TPSA) is 51.4 Å². The molecule has 130 valence electrons. The van der Waals surface area contributed by atoms with E-state index in [1.54, 1.807) is 12.1 Å². The fraction of sp³-hybridized carbons (Fsp3) is 0.222. The van der Waals surface area contributed by atoms with Crippen LogP contribution in [0.5, 0.6) is 5.75 Å². The summed E-state index contributed by atoms with van der Waals surface area (Å²) >= 11 is 3.39. The highest BCUT2D eigenvalue weighted by Crippen LogP contribution is 2.17. The van der Waals surface area contributed by atoms with Crippen LogP contribution in [0, 0.1) is 5.82 Å². The number of halogens is 2. The molecule has 0 fully saturated rings. The van der Waals surface area contributed by atoms with Crippen molar-refractivity contribution in [2.45, 2.75) is 6.54 Å². The standard InChI is InChI=1S/C18H17BrFN3O2/c1-23(10-11-24-16-8-4-14(19)5-9-16)12-17-21-18(22-25-17)13-2-6-15(20)7-3-13/h2-9H,10-12H2,1H3. The minimum absolute atomic E-state index is 0.294. The average Bonchev–Trinajstić information content (AvgIpc) is 3.06. The molecule has 1 aromatic heterocycles. The molecule has 3 aromatic rings. The van der Waals surface area contributed by atoms with Gasteiger partial charge in [0.2, 0.25) is 11.7 Å². The van der Waals surface area contributed by atoms with Crippen LogP contribution >= 0.6 is 15.9 Å². The van der Waals surface area contributed by atoms with E-state index in [1.165, 1.54) is 12.1 Å². The Labute approximate surface area is 153 Å². The van der Waals surface area contributed by atoms with Gasteiger partial charge in [0.1, 0.15) is 18.2 Å². The maximum absolute atomic E-state index is 13.0. The highest BCUT2D eigenvalue weighted by Gasteiger charge is 2.11. The van der Waals surface area contributed by atoms with Crippen LogP contribution in [-0.4, -0.2) is 35.2 Å². The van der Waals surface area contributed by atoms with E-state index in [0.29, 0.717) is 31.4 Å². The third-order valence-corrected chi connectivity index (χ3v) is 4.06. The van der Waals surface area contributed by atoms with Crippen molar-refractivity contribution in [3.63, 3.8) is 0 Å². The summed E-state index contributed by atoms with van der Waals surface area (Å²) in [5, 5.41) is 3.93. The van der Waals surface area contributed by atoms with Crippen molar-refractivity contribution in [3.8, 4) is 17.1 Å². The van der Waals surface area contributed by atoms with E-state index in [9.17, 15) is 4.39 Å². The molecule has 0 aliphatic carbocycles. The lowest BCUT2D eigenvalue weighted by Gasteiger charge is -2.14. The van der Waals surface area contributed by atoms with E-state index in [-0.39, 0.29) is 5.82 Å². The van der Waals surface area contributed by atoms with Gasteiger partial charge < -0.3 is 9.26 Å². The van der Waals surface area contributed by atoms with Crippen LogP contribution in [0.1, 0.15) is 5.89 Å². The molecule has 7 heteroatoms. The average molecular weight is 406 g/mol. The predicted molar refractivity (Wildman–Crippen MR) is 95.7 cm³/mol. The monoisotopic (exact) mass is 405 g/mol. The Kier molecular flexibility index (Phi) is 5.78. The first-order chi connectivity index (χ1) is 12.1. The molecule has 0 radical (unpaired) electrons. The molecule has 0 aliphatic rings. The Balaban J connectivity index is 1.48. The Morgan fingerprint density at radius 2 is 1.84 bits per heavy atom. The zero-order chi connectivity index (χ0) is 17.6. The second-order valence-electron chi connectivity index (χ2n) is 5.56. The van der Waals surface area contributed by atoms with Crippen LogP contribution in [0.3, 0.4) is 0 Å². The van der Waals surface area contributed by atoms with E-state index < -0.39 is 0 Å². The summed E-state index contributed by atoms with van der Waals surface area (Å²) in [6.07, 6.45) is 0. The van der Waals surface area contributed by atoms with Gasteiger partial charge in [-0.3, -0.25) is 4.90 Å². The summed E-state index contributed by atoms with van der Waals surface area (Å²) in [6, 6.07) is 13.7. The van der Waals surface area contributed by atoms with Gasteiger partial charge in [-0.15, -0.1) is 0 Å². The van der Waals surface area contributed by atoms with Gasteiger partial charge >= 0.3 is 0 Å². The number of rotatable bonds is 7. The number of hydrogen-bond acceptors (Lipinski definition) is 5. The number of nitrogens with zero attached hydrogens (tertiary/aromatic N) is 3. The molecule has 25 heavy (non-hydrogen) atoms. The van der Waals surface area contributed by atoms with Gasteiger partial charge in [0, 0.05) is 16.6 Å². The van der Waals surface area contributed by atoms with Crippen molar-refractivity contribution in [1.29, 1.82) is 0 Å². The zero-order valence-electron chi connectivity index (χ0n) is 13.7. The maximum Gasteiger partial charge on any atom is 0.241 e. The minimum atomic E-state index is -0.294. The SMILES string of the molecule is CN(CCOc1ccc(Br)cc1)Cc1nc(-c2ccc(F)cc2)no1. The maximum atomic E-state index is 13.0. The first-order valence-electron chi connectivity index (χ1n) is 7.75. The molecule has 2 aromatic carbocycles. The van der Waals surface area contributed by atoms with E-state index in [0.717, 1.165) is 15.8 Å². The Bertz CT molecular complexity index is 806. The largest absolute Gasteiger partial charge is 0.492 e. The van der Waals surface area contributed by atoms with Crippen LogP contribution < -0.4 is 4.74 Å². The molecule has 1 heterocycles. The normalized spacial score (nSPS) is 11.0. The van der Waals surface area contributed by atoms with Crippen molar-refractivity contribution in [2.75, 3.05) is 20.2 Å². The highest BCUT2D eigenvalue weighted by molar-refractivity contribution is 9.10. The number of benzene rings is 2. The molecule has 0 saturated carbocycles. The number of ether oxygens (including phenoxy) is 1. The summed E-state index contributed by atoms with van der Waals surface area (Å²) in [7, 11) is 1.95. The second kappa shape index (κ2) is 8.22. The molecule has 0 atom stereocenters. The van der Waals surface area contributed by atoms with Crippen LogP contribution in [0.25, 0.3) is 11.4 Å². The lowest BCUT2D eigenvalue weighted by atomic mass is 10.2. The number of aromatic nitrogens is 2. The summed E-state index contributed by atoms with van der Waals surface area (Å²) in [6.45, 7) is 1.78. The van der Waals surface area contributed by atoms with Crippen molar-refractivity contribution in [1.82, 2.24) is 15.0 Å². The quantitative estimate of drug-likeness (QED) is 0.590. The lowest BCUT2D eigenvalue weighted by molar-refractivity contribution is 0.213. The molecule has 0 amide bonds. The molecule has 0 unspecified atom stereocenters. The fourth-order valence-electron chi connectivity index (χ4n) is 2.20. The van der Waals surface area contributed by atoms with E-state index in [1.807, 2.05) is 36.2 Å². The van der Waals surface area contributed by atoms with Gasteiger partial charge in [-0.05, 0) is 55.6 Å². The molecule has 0 aliphatic heterocycles. The lowest BCUT2D eigenvalue weighted by Crippen LogP contribution is -2.24. The van der Waals surface area contributed by atoms with Gasteiger partial charge in [0.05, 0.1) is 6.54 Å². The van der Waals surface area contributed by atoms with Crippen molar-refractivity contribution in [3.05, 3.63) is 64.7 Å². The molecule has 0 spiro atoms. The van der Waals surface area contributed by atoms with Gasteiger partial charge in [0.25, 0.3) is 0 Å². The van der Waals surface area contributed by atoms with Gasteiger partial charge in [-0.2, -0.15) is 4.98 Å². The zero-order valence-corrected chi connectivity index (χ0v) is 15.2. The highest BCUT2D eigenvalue weighted by atomic mass is 79.9. The smallest absolute Gasteiger partial charge is 0.241 e. The van der Waals surface area contributed by atoms with E-state index >= 15 is 0 Å². The molecule has 0 saturated heterocycles. The summed E-state index contributed by atoms with van der Waals surface area (Å²) < 4.78 is 24.9. The molecular weight excluding hydrogens is 389 g/mol. The fourth-order valence-corrected chi connectivity index (χ4v) is 2.46. The van der Waals surface area contributed by atoms with Gasteiger partial charge in [-0.25, -0.2) is 4.39 Å². The summed E-state index contributed by atoms with van der Waals surface area (Å²) in [4.78, 5) is 6.37. The van der Waals surface area contributed by atoms with Crippen LogP contribution in [0.2, 0.25) is 0 Å². The molecule has 3 rings (SSSR count). The Hall–Kier alpha value is -2.25. The van der Waals surface area contributed by atoms with Crippen molar-refractivity contribution < 1.29 is 13.7 Å². The first-order valence-corrected chi connectivity index (χ1v) is 8.55. The molecular formula is C18H17BrFN3O2. The second-order valence-corrected chi connectivity index (χ2v) is 6.47. The molecule has 5 nitrogen and oxygen atoms in total. The number of hydrogen-bond donors (Lipinski definition) is 0. The van der Waals surface area contributed by atoms with Crippen molar-refractivity contribution >= 4 is 15.9 Å². The Morgan fingerprint density at radius 3 is 2.56 bits per heavy atom. The van der Waals surface area contributed by atoms with Crippen LogP contribution in [0.15, 0.2) is 57.5 Å².